The Hall–Kier alpha value is -2.21. The lowest BCUT2D eigenvalue weighted by molar-refractivity contribution is 0.0697. The molecule has 1 saturated heterocycles. The summed E-state index contributed by atoms with van der Waals surface area (Å²) >= 11 is 0. The van der Waals surface area contributed by atoms with Crippen molar-refractivity contribution in [2.24, 2.45) is 0 Å². The van der Waals surface area contributed by atoms with Crippen LogP contribution >= 0.6 is 0 Å². The number of imidazole rings is 1. The topological polar surface area (TPSA) is 80.0 Å². The zero-order valence-corrected chi connectivity index (χ0v) is 10.3. The van der Waals surface area contributed by atoms with Gasteiger partial charge >= 0.3 is 5.97 Å². The number of nitrogens with zero attached hydrogens (tertiary/aromatic N) is 3. The van der Waals surface area contributed by atoms with Gasteiger partial charge < -0.3 is 15.0 Å². The highest BCUT2D eigenvalue weighted by Gasteiger charge is 2.17. The normalized spacial score (nSPS) is 18.6. The van der Waals surface area contributed by atoms with E-state index in [1.54, 1.807) is 12.4 Å². The maximum atomic E-state index is 10.9. The smallest absolute Gasteiger partial charge is 0.335 e. The Morgan fingerprint density at radius 3 is 3.05 bits per heavy atom. The van der Waals surface area contributed by atoms with Gasteiger partial charge in [-0.25, -0.2) is 9.78 Å². The number of nitrogens with one attached hydrogen (secondary N) is 1. The number of carbonyl (C=O) groups is 1. The lowest BCUT2D eigenvalue weighted by atomic mass is 10.2. The number of carboxylic acid groups (broad SMARTS) is 1. The summed E-state index contributed by atoms with van der Waals surface area (Å²) in [7, 11) is 0. The van der Waals surface area contributed by atoms with E-state index in [0.29, 0.717) is 17.4 Å². The van der Waals surface area contributed by atoms with Crippen molar-refractivity contribution in [2.45, 2.75) is 12.5 Å². The van der Waals surface area contributed by atoms with Gasteiger partial charge in [-0.3, -0.25) is 4.98 Å². The maximum absolute atomic E-state index is 10.9. The summed E-state index contributed by atoms with van der Waals surface area (Å²) in [6.07, 6.45) is 6.28. The van der Waals surface area contributed by atoms with Gasteiger partial charge in [-0.05, 0) is 25.1 Å². The summed E-state index contributed by atoms with van der Waals surface area (Å²) in [6.45, 7) is 1.96. The standard InChI is InChI=1S/C13H14N4O2/c18-13(19)9-1-4-15-11(5-9)12-7-17(8-16-12)10-2-3-14-6-10/h1,4-5,7-8,10,14H,2-3,6H2,(H,18,19). The Kier molecular flexibility index (Phi) is 3.00. The second-order valence-electron chi connectivity index (χ2n) is 4.59. The third-order valence-electron chi connectivity index (χ3n) is 3.33. The van der Waals surface area contributed by atoms with Crippen molar-refractivity contribution in [3.05, 3.63) is 36.4 Å². The molecule has 1 atom stereocenters. The van der Waals surface area contributed by atoms with Gasteiger partial charge in [-0.1, -0.05) is 0 Å². The van der Waals surface area contributed by atoms with Crippen LogP contribution in [0.5, 0.6) is 0 Å². The largest absolute Gasteiger partial charge is 0.478 e. The van der Waals surface area contributed by atoms with Crippen LogP contribution in [0.4, 0.5) is 0 Å². The average Bonchev–Trinajstić information content (AvgIpc) is 3.09. The Morgan fingerprint density at radius 2 is 2.32 bits per heavy atom. The Labute approximate surface area is 110 Å². The SMILES string of the molecule is O=C(O)c1ccnc(-c2cn(C3CCNC3)cn2)c1. The van der Waals surface area contributed by atoms with E-state index in [4.69, 9.17) is 5.11 Å². The van der Waals surface area contributed by atoms with Crippen LogP contribution in [-0.2, 0) is 0 Å². The molecule has 0 radical (unpaired) electrons. The minimum Gasteiger partial charge on any atom is -0.478 e. The van der Waals surface area contributed by atoms with Crippen molar-refractivity contribution in [1.29, 1.82) is 0 Å². The van der Waals surface area contributed by atoms with Crippen molar-refractivity contribution < 1.29 is 9.90 Å². The van der Waals surface area contributed by atoms with E-state index in [1.807, 2.05) is 6.20 Å². The van der Waals surface area contributed by atoms with Gasteiger partial charge in [0.1, 0.15) is 5.69 Å². The van der Waals surface area contributed by atoms with Gasteiger partial charge in [-0.15, -0.1) is 0 Å². The number of hydrogen-bond donors (Lipinski definition) is 2. The average molecular weight is 258 g/mol. The van der Waals surface area contributed by atoms with Gasteiger partial charge in [0.05, 0.1) is 17.6 Å². The molecule has 2 aromatic heterocycles. The lowest BCUT2D eigenvalue weighted by Crippen LogP contribution is -2.11. The number of aromatic carboxylic acids is 1. The lowest BCUT2D eigenvalue weighted by Gasteiger charge is -2.08. The Balaban J connectivity index is 1.89. The number of pyridine rings is 1. The first kappa shape index (κ1) is 11.9. The van der Waals surface area contributed by atoms with Gasteiger partial charge in [0, 0.05) is 25.0 Å². The second kappa shape index (κ2) is 4.81. The van der Waals surface area contributed by atoms with Crippen molar-refractivity contribution in [3.63, 3.8) is 0 Å². The van der Waals surface area contributed by atoms with E-state index in [2.05, 4.69) is 19.9 Å². The second-order valence-corrected chi connectivity index (χ2v) is 4.59. The minimum absolute atomic E-state index is 0.224. The van der Waals surface area contributed by atoms with Crippen molar-refractivity contribution >= 4 is 5.97 Å². The number of aromatic nitrogens is 3. The molecule has 0 amide bonds. The highest BCUT2D eigenvalue weighted by Crippen LogP contribution is 2.20. The van der Waals surface area contributed by atoms with Crippen LogP contribution in [0.2, 0.25) is 0 Å². The molecule has 3 rings (SSSR count). The molecule has 0 spiro atoms. The summed E-state index contributed by atoms with van der Waals surface area (Å²) in [4.78, 5) is 19.4. The molecule has 98 valence electrons. The van der Waals surface area contributed by atoms with E-state index in [-0.39, 0.29) is 5.56 Å². The monoisotopic (exact) mass is 258 g/mol. The molecule has 3 heterocycles. The molecule has 1 unspecified atom stereocenters. The number of carboxylic acids is 1. The summed E-state index contributed by atoms with van der Waals surface area (Å²) in [5.41, 5.74) is 1.52. The van der Waals surface area contributed by atoms with E-state index >= 15 is 0 Å². The molecule has 6 heteroatoms. The zero-order chi connectivity index (χ0) is 13.2. The van der Waals surface area contributed by atoms with Crippen LogP contribution in [0, 0.1) is 0 Å². The predicted octanol–water partition coefficient (Wildman–Crippen LogP) is 1.18. The molecule has 0 saturated carbocycles. The summed E-state index contributed by atoms with van der Waals surface area (Å²) in [5.74, 6) is -0.955. The molecule has 1 aliphatic rings. The van der Waals surface area contributed by atoms with Crippen molar-refractivity contribution in [3.8, 4) is 11.4 Å². The number of hydrogen-bond acceptors (Lipinski definition) is 4. The first-order valence-corrected chi connectivity index (χ1v) is 6.18. The molecule has 6 nitrogen and oxygen atoms in total. The van der Waals surface area contributed by atoms with Crippen LogP contribution in [0.15, 0.2) is 30.9 Å². The molecule has 2 N–H and O–H groups in total. The molecule has 0 aromatic carbocycles. The minimum atomic E-state index is -0.955. The third kappa shape index (κ3) is 2.34. The van der Waals surface area contributed by atoms with Crippen molar-refractivity contribution in [1.82, 2.24) is 19.9 Å². The molecule has 1 fully saturated rings. The zero-order valence-electron chi connectivity index (χ0n) is 10.3. The summed E-state index contributed by atoms with van der Waals surface area (Å²) < 4.78 is 2.06. The van der Waals surface area contributed by atoms with Crippen LogP contribution in [-0.4, -0.2) is 38.7 Å². The predicted molar refractivity (Wildman–Crippen MR) is 68.9 cm³/mol. The van der Waals surface area contributed by atoms with Crippen LogP contribution in [0.3, 0.4) is 0 Å². The molecule has 1 aliphatic heterocycles. The van der Waals surface area contributed by atoms with Crippen LogP contribution < -0.4 is 5.32 Å². The van der Waals surface area contributed by atoms with Crippen LogP contribution in [0.1, 0.15) is 22.8 Å². The molecule has 0 bridgehead atoms. The van der Waals surface area contributed by atoms with Gasteiger partial charge in [0.15, 0.2) is 0 Å². The van der Waals surface area contributed by atoms with E-state index in [9.17, 15) is 4.79 Å². The Bertz CT molecular complexity index is 602. The molecule has 19 heavy (non-hydrogen) atoms. The summed E-state index contributed by atoms with van der Waals surface area (Å²) in [5, 5.41) is 12.3. The molecular formula is C13H14N4O2. The quantitative estimate of drug-likeness (QED) is 0.864. The maximum Gasteiger partial charge on any atom is 0.335 e. The fourth-order valence-corrected chi connectivity index (χ4v) is 2.27. The van der Waals surface area contributed by atoms with E-state index < -0.39 is 5.97 Å². The third-order valence-corrected chi connectivity index (χ3v) is 3.33. The fourth-order valence-electron chi connectivity index (χ4n) is 2.27. The van der Waals surface area contributed by atoms with Gasteiger partial charge in [0.2, 0.25) is 0 Å². The fraction of sp³-hybridized carbons (Fsp3) is 0.308. The van der Waals surface area contributed by atoms with Gasteiger partial charge in [-0.2, -0.15) is 0 Å². The van der Waals surface area contributed by atoms with E-state index in [0.717, 1.165) is 19.5 Å². The Morgan fingerprint density at radius 1 is 1.42 bits per heavy atom. The highest BCUT2D eigenvalue weighted by atomic mass is 16.4. The van der Waals surface area contributed by atoms with Crippen LogP contribution in [0.25, 0.3) is 11.4 Å². The van der Waals surface area contributed by atoms with Gasteiger partial charge in [0.25, 0.3) is 0 Å². The molecule has 2 aromatic rings. The first-order valence-electron chi connectivity index (χ1n) is 6.18. The molecule has 0 aliphatic carbocycles. The first-order chi connectivity index (χ1) is 9.24. The van der Waals surface area contributed by atoms with E-state index in [1.165, 1.54) is 12.3 Å². The summed E-state index contributed by atoms with van der Waals surface area (Å²) in [6, 6.07) is 3.44. The number of rotatable bonds is 3. The van der Waals surface area contributed by atoms with Crippen molar-refractivity contribution in [2.75, 3.05) is 13.1 Å². The molecular weight excluding hydrogens is 244 g/mol. The highest BCUT2D eigenvalue weighted by molar-refractivity contribution is 5.88.